The fourth-order valence-corrected chi connectivity index (χ4v) is 5.45. The Morgan fingerprint density at radius 1 is 0.545 bits per heavy atom. The summed E-state index contributed by atoms with van der Waals surface area (Å²) < 4.78 is 12.2. The van der Waals surface area contributed by atoms with Gasteiger partial charge in [-0.1, -0.05) is 59.7 Å². The van der Waals surface area contributed by atoms with Crippen molar-refractivity contribution >= 4 is 54.9 Å². The predicted molar refractivity (Wildman–Crippen MR) is 165 cm³/mol. The van der Waals surface area contributed by atoms with Crippen LogP contribution in [0.25, 0.3) is 77.1 Å². The number of hydrogen-bond donors (Lipinski definition) is 0. The highest BCUT2D eigenvalue weighted by Crippen LogP contribution is 2.39. The average Bonchev–Trinajstić information content (AvgIpc) is 3.68. The summed E-state index contributed by atoms with van der Waals surface area (Å²) in [5.41, 5.74) is 6.85. The van der Waals surface area contributed by atoms with Crippen LogP contribution in [0.5, 0.6) is 0 Å². The molecule has 0 unspecified atom stereocenters. The Morgan fingerprint density at radius 3 is 1.59 bits per heavy atom. The summed E-state index contributed by atoms with van der Waals surface area (Å²) in [5.74, 6) is 0. The van der Waals surface area contributed by atoms with Crippen molar-refractivity contribution in [2.24, 2.45) is 0 Å². The van der Waals surface area contributed by atoms with Gasteiger partial charge in [-0.05, 0) is 60.0 Å². The minimum absolute atomic E-state index is 0.0585. The van der Waals surface area contributed by atoms with Crippen LogP contribution in [0, 0.1) is 59.2 Å². The zero-order valence-corrected chi connectivity index (χ0v) is 23.4. The van der Waals surface area contributed by atoms with Crippen molar-refractivity contribution in [3.63, 3.8) is 0 Å². The predicted octanol–water partition coefficient (Wildman–Crippen LogP) is 6.62. The summed E-state index contributed by atoms with van der Waals surface area (Å²) in [5, 5.41) is 41.3. The molecule has 2 heterocycles. The summed E-state index contributed by atoms with van der Waals surface area (Å²) >= 11 is 0. The van der Waals surface area contributed by atoms with E-state index in [-0.39, 0.29) is 22.2 Å². The lowest BCUT2D eigenvalue weighted by molar-refractivity contribution is 0.560. The molecular formula is C36H18N6O2. The van der Waals surface area contributed by atoms with Crippen molar-refractivity contribution in [2.45, 2.75) is 13.8 Å². The van der Waals surface area contributed by atoms with Crippen molar-refractivity contribution in [3.05, 3.63) is 95.0 Å². The normalized spacial score (nSPS) is 10.9. The topological polar surface area (TPSA) is 147 Å². The van der Waals surface area contributed by atoms with E-state index in [4.69, 9.17) is 8.83 Å². The largest absolute Gasteiger partial charge is 0.434 e. The molecule has 0 aliphatic heterocycles. The number of nitrogens with zero attached hydrogens (tertiary/aromatic N) is 6. The minimum Gasteiger partial charge on any atom is -0.434 e. The van der Waals surface area contributed by atoms with Gasteiger partial charge in [0.1, 0.15) is 35.3 Å². The molecule has 7 aromatic rings. The van der Waals surface area contributed by atoms with Crippen LogP contribution in [0.15, 0.2) is 81.6 Å². The molecule has 0 spiro atoms. The van der Waals surface area contributed by atoms with Crippen molar-refractivity contribution in [2.75, 3.05) is 0 Å². The van der Waals surface area contributed by atoms with Gasteiger partial charge in [-0.2, -0.15) is 21.0 Å². The molecule has 0 saturated heterocycles. The van der Waals surface area contributed by atoms with Crippen LogP contribution in [-0.2, 0) is 0 Å². The highest BCUT2D eigenvalue weighted by atomic mass is 16.3. The summed E-state index contributed by atoms with van der Waals surface area (Å²) in [6.45, 7) is 4.02. The quantitative estimate of drug-likeness (QED) is 0.212. The van der Waals surface area contributed by atoms with E-state index in [1.165, 1.54) is 0 Å². The lowest BCUT2D eigenvalue weighted by Gasteiger charge is -2.10. The summed E-state index contributed by atoms with van der Waals surface area (Å²) in [6, 6.07) is 31.4. The Kier molecular flexibility index (Phi) is 5.93. The molecule has 0 fully saturated rings. The van der Waals surface area contributed by atoms with E-state index in [0.717, 1.165) is 44.2 Å². The van der Waals surface area contributed by atoms with Crippen molar-refractivity contribution in [1.82, 2.24) is 9.97 Å². The number of benzene rings is 5. The van der Waals surface area contributed by atoms with Crippen molar-refractivity contribution in [3.8, 4) is 46.5 Å². The second-order valence-electron chi connectivity index (χ2n) is 10.5. The number of hydrogen-bond acceptors (Lipinski definition) is 8. The third kappa shape index (κ3) is 4.04. The van der Waals surface area contributed by atoms with Crippen LogP contribution in [0.4, 0.5) is 0 Å². The number of aryl methyl sites for hydroxylation is 2. The van der Waals surface area contributed by atoms with Gasteiger partial charge in [0.25, 0.3) is 0 Å². The first-order chi connectivity index (χ1) is 21.4. The lowest BCUT2D eigenvalue weighted by Crippen LogP contribution is -2.03. The lowest BCUT2D eigenvalue weighted by atomic mass is 9.94. The maximum atomic E-state index is 9.54. The molecule has 0 aliphatic rings. The smallest absolute Gasteiger partial charge is 0.249 e. The standard InChI is InChI=1S/C36H18N6O2/c1-19-3-7-21(8-4-19)27-12-24-11-23-13-29(22-9-5-20(2)6-10-22)33-32(42-36(43-33)26(17-39)18-40)28(23)14-30(24)34-31(27)41-35(44-34)25(15-37)16-38/h3-14H,1-2H3. The molecule has 7 rings (SSSR count). The van der Waals surface area contributed by atoms with Crippen molar-refractivity contribution < 1.29 is 8.83 Å². The van der Waals surface area contributed by atoms with Gasteiger partial charge >= 0.3 is 0 Å². The zero-order valence-electron chi connectivity index (χ0n) is 23.4. The maximum Gasteiger partial charge on any atom is 0.249 e. The fraction of sp³-hybridized carbons (Fsp3) is 0.0556. The molecule has 0 radical (unpaired) electrons. The van der Waals surface area contributed by atoms with Crippen LogP contribution in [0.3, 0.4) is 0 Å². The molecule has 8 heteroatoms. The summed E-state index contributed by atoms with van der Waals surface area (Å²) in [6.07, 6.45) is 0. The number of oxazole rings is 2. The first-order valence-electron chi connectivity index (χ1n) is 13.6. The van der Waals surface area contributed by atoms with Gasteiger partial charge < -0.3 is 8.83 Å². The average molecular weight is 567 g/mol. The third-order valence-electron chi connectivity index (χ3n) is 7.68. The summed E-state index contributed by atoms with van der Waals surface area (Å²) in [7, 11) is 0. The fourth-order valence-electron chi connectivity index (χ4n) is 5.45. The highest BCUT2D eigenvalue weighted by molar-refractivity contribution is 6.19. The van der Waals surface area contributed by atoms with E-state index in [9.17, 15) is 21.0 Å². The molecule has 0 bridgehead atoms. The monoisotopic (exact) mass is 566 g/mol. The molecule has 44 heavy (non-hydrogen) atoms. The van der Waals surface area contributed by atoms with Crippen LogP contribution in [-0.4, -0.2) is 9.97 Å². The Balaban J connectivity index is 1.66. The van der Waals surface area contributed by atoms with E-state index in [2.05, 4.69) is 9.97 Å². The van der Waals surface area contributed by atoms with Crippen LogP contribution >= 0.6 is 0 Å². The van der Waals surface area contributed by atoms with Crippen LogP contribution in [0.2, 0.25) is 0 Å². The van der Waals surface area contributed by atoms with Gasteiger partial charge in [-0.25, -0.2) is 9.97 Å². The van der Waals surface area contributed by atoms with E-state index in [1.54, 1.807) is 0 Å². The molecule has 0 saturated carbocycles. The molecule has 5 aromatic carbocycles. The molecule has 0 N–H and O–H groups in total. The Hall–Kier alpha value is -6.74. The maximum absolute atomic E-state index is 9.54. The second-order valence-corrected chi connectivity index (χ2v) is 10.5. The van der Waals surface area contributed by atoms with Gasteiger partial charge in [-0.3, -0.25) is 0 Å². The molecule has 8 nitrogen and oxygen atoms in total. The van der Waals surface area contributed by atoms with Crippen LogP contribution < -0.4 is 11.1 Å². The molecular weight excluding hydrogens is 548 g/mol. The van der Waals surface area contributed by atoms with Gasteiger partial charge in [0.2, 0.25) is 11.1 Å². The number of aromatic nitrogens is 2. The van der Waals surface area contributed by atoms with E-state index >= 15 is 0 Å². The first kappa shape index (κ1) is 26.2. The first-order valence-corrected chi connectivity index (χ1v) is 13.6. The second kappa shape index (κ2) is 9.97. The van der Waals surface area contributed by atoms with E-state index in [0.29, 0.717) is 33.0 Å². The molecule has 0 aliphatic carbocycles. The van der Waals surface area contributed by atoms with Gasteiger partial charge in [0, 0.05) is 21.9 Å². The number of fused-ring (bicyclic) bond motifs is 6. The van der Waals surface area contributed by atoms with E-state index in [1.807, 2.05) is 111 Å². The third-order valence-corrected chi connectivity index (χ3v) is 7.68. The zero-order chi connectivity index (χ0) is 30.5. The Morgan fingerprint density at radius 2 is 1.02 bits per heavy atom. The number of rotatable bonds is 2. The molecule has 0 atom stereocenters. The van der Waals surface area contributed by atoms with E-state index < -0.39 is 0 Å². The Bertz CT molecular complexity index is 2440. The van der Waals surface area contributed by atoms with Crippen molar-refractivity contribution in [1.29, 1.82) is 21.0 Å². The molecule has 2 aromatic heterocycles. The van der Waals surface area contributed by atoms with Crippen LogP contribution in [0.1, 0.15) is 11.1 Å². The minimum atomic E-state index is -0.230. The molecule has 0 amide bonds. The summed E-state index contributed by atoms with van der Waals surface area (Å²) in [4.78, 5) is 9.22. The SMILES string of the molecule is Cc1ccc(-c2cc3cc4cc(-c5ccc(C)cc5)c5oc(=C(C#N)C#N)nc5c4cc3c3oc(=C(C#N)C#N)nc23)cc1. The van der Waals surface area contributed by atoms with Gasteiger partial charge in [-0.15, -0.1) is 0 Å². The van der Waals surface area contributed by atoms with Gasteiger partial charge in [0.05, 0.1) is 0 Å². The van der Waals surface area contributed by atoms with Gasteiger partial charge in [0.15, 0.2) is 22.3 Å². The highest BCUT2D eigenvalue weighted by Gasteiger charge is 2.20. The molecule has 204 valence electrons. The number of nitriles is 4. The Labute approximate surface area is 249 Å².